The van der Waals surface area contributed by atoms with Gasteiger partial charge in [0, 0.05) is 6.42 Å². The van der Waals surface area contributed by atoms with Crippen LogP contribution < -0.4 is 5.32 Å². The molecule has 0 aromatic heterocycles. The van der Waals surface area contributed by atoms with E-state index < -0.39 is 63.9 Å². The van der Waals surface area contributed by atoms with Gasteiger partial charge in [-0.05, 0) is 27.7 Å². The normalized spacial score (nSPS) is 21.6. The summed E-state index contributed by atoms with van der Waals surface area (Å²) in [7, 11) is -1.97. The van der Waals surface area contributed by atoms with Gasteiger partial charge in [-0.15, -0.1) is 0 Å². The minimum atomic E-state index is -1.97. The van der Waals surface area contributed by atoms with Gasteiger partial charge in [-0.3, -0.25) is 23.4 Å². The monoisotopic (exact) mass is 388 g/mol. The Hall–Kier alpha value is -2.23. The molecule has 1 heterocycles. The van der Waals surface area contributed by atoms with Crippen molar-refractivity contribution >= 4 is 34.6 Å². The standard InChI is InChI=1S/C16H24N2O7S/c1-8(2)6-11(19)17-13-14(22)18(7-12(20)21)15(13)26(24)10(5)16(23)25-9(3)4/h9-10,13,15H,1,6-7H2,2-5H3,(H,17,19)(H,20,21). The van der Waals surface area contributed by atoms with Crippen molar-refractivity contribution in [1.82, 2.24) is 10.2 Å². The zero-order valence-corrected chi connectivity index (χ0v) is 16.0. The molecule has 0 aromatic rings. The predicted molar refractivity (Wildman–Crippen MR) is 93.3 cm³/mol. The number of amides is 2. The fourth-order valence-electron chi connectivity index (χ4n) is 2.36. The number of aliphatic carboxylic acids is 1. The third-order valence-corrected chi connectivity index (χ3v) is 5.39. The van der Waals surface area contributed by atoms with Crippen LogP contribution in [-0.4, -0.2) is 67.3 Å². The summed E-state index contributed by atoms with van der Waals surface area (Å²) in [6.07, 6.45) is -0.432. The van der Waals surface area contributed by atoms with E-state index in [9.17, 15) is 23.4 Å². The molecule has 0 spiro atoms. The van der Waals surface area contributed by atoms with E-state index in [-0.39, 0.29) is 6.42 Å². The number of esters is 1. The van der Waals surface area contributed by atoms with E-state index in [0.717, 1.165) is 4.90 Å². The first-order chi connectivity index (χ1) is 12.0. The Bertz CT molecular complexity index is 647. The molecule has 1 fully saturated rings. The minimum Gasteiger partial charge on any atom is -0.480 e. The Kier molecular flexibility index (Phi) is 7.49. The van der Waals surface area contributed by atoms with Crippen LogP contribution in [0.25, 0.3) is 0 Å². The van der Waals surface area contributed by atoms with Crippen molar-refractivity contribution < 1.29 is 33.2 Å². The maximum atomic E-state index is 12.8. The number of rotatable bonds is 9. The number of carboxylic acid groups (broad SMARTS) is 1. The molecule has 0 aromatic carbocycles. The molecule has 0 radical (unpaired) electrons. The molecule has 0 aliphatic carbocycles. The molecule has 26 heavy (non-hydrogen) atoms. The van der Waals surface area contributed by atoms with Crippen molar-refractivity contribution in [1.29, 1.82) is 0 Å². The van der Waals surface area contributed by atoms with Crippen LogP contribution in [0.3, 0.4) is 0 Å². The summed E-state index contributed by atoms with van der Waals surface area (Å²) in [5.74, 6) is -3.17. The van der Waals surface area contributed by atoms with Crippen LogP contribution in [0, 0.1) is 0 Å². The zero-order chi connectivity index (χ0) is 20.2. The molecular formula is C16H24N2O7S. The maximum Gasteiger partial charge on any atom is 0.323 e. The summed E-state index contributed by atoms with van der Waals surface area (Å²) in [6, 6.07) is -1.16. The second kappa shape index (κ2) is 8.93. The van der Waals surface area contributed by atoms with Gasteiger partial charge in [-0.1, -0.05) is 12.2 Å². The summed E-state index contributed by atoms with van der Waals surface area (Å²) in [4.78, 5) is 47.9. The first-order valence-electron chi connectivity index (χ1n) is 8.01. The fraction of sp³-hybridized carbons (Fsp3) is 0.625. The van der Waals surface area contributed by atoms with Gasteiger partial charge < -0.3 is 20.1 Å². The Labute approximate surface area is 154 Å². The van der Waals surface area contributed by atoms with Gasteiger partial charge >= 0.3 is 11.9 Å². The third-order valence-electron chi connectivity index (χ3n) is 3.50. The number of carbonyl (C=O) groups is 4. The molecule has 2 amide bonds. The Morgan fingerprint density at radius 2 is 1.92 bits per heavy atom. The second-order valence-corrected chi connectivity index (χ2v) is 8.23. The molecule has 4 unspecified atom stereocenters. The van der Waals surface area contributed by atoms with E-state index in [0.29, 0.717) is 5.57 Å². The van der Waals surface area contributed by atoms with E-state index in [1.165, 1.54) is 6.92 Å². The molecule has 1 aliphatic heterocycles. The number of ether oxygens (including phenoxy) is 1. The quantitative estimate of drug-likeness (QED) is 0.317. The highest BCUT2D eigenvalue weighted by Gasteiger charge is 2.53. The number of nitrogens with zero attached hydrogens (tertiary/aromatic N) is 1. The maximum absolute atomic E-state index is 12.8. The van der Waals surface area contributed by atoms with Gasteiger partial charge in [0.15, 0.2) is 0 Å². The summed E-state index contributed by atoms with van der Waals surface area (Å²) in [5, 5.41) is 9.16. The predicted octanol–water partition coefficient (Wildman–Crippen LogP) is -0.221. The van der Waals surface area contributed by atoms with Crippen LogP contribution in [-0.2, 0) is 34.7 Å². The highest BCUT2D eigenvalue weighted by Crippen LogP contribution is 2.26. The van der Waals surface area contributed by atoms with Gasteiger partial charge in [0.05, 0.1) is 16.9 Å². The van der Waals surface area contributed by atoms with E-state index in [2.05, 4.69) is 11.9 Å². The van der Waals surface area contributed by atoms with Crippen LogP contribution in [0.15, 0.2) is 12.2 Å². The van der Waals surface area contributed by atoms with E-state index >= 15 is 0 Å². The fourth-order valence-corrected chi connectivity index (χ4v) is 3.91. The number of carbonyl (C=O) groups excluding carboxylic acids is 3. The first kappa shape index (κ1) is 21.8. The third kappa shape index (κ3) is 5.38. The van der Waals surface area contributed by atoms with Crippen LogP contribution >= 0.6 is 0 Å². The molecular weight excluding hydrogens is 364 g/mol. The smallest absolute Gasteiger partial charge is 0.323 e. The molecule has 9 nitrogen and oxygen atoms in total. The highest BCUT2D eigenvalue weighted by molar-refractivity contribution is 7.87. The number of carboxylic acids is 1. The average molecular weight is 388 g/mol. The lowest BCUT2D eigenvalue weighted by molar-refractivity contribution is -0.155. The summed E-state index contributed by atoms with van der Waals surface area (Å²) in [6.45, 7) is 9.21. The van der Waals surface area contributed by atoms with Crippen LogP contribution in [0.4, 0.5) is 0 Å². The lowest BCUT2D eigenvalue weighted by Crippen LogP contribution is -2.73. The molecule has 146 valence electrons. The van der Waals surface area contributed by atoms with E-state index in [4.69, 9.17) is 9.84 Å². The molecule has 1 rings (SSSR count). The largest absolute Gasteiger partial charge is 0.480 e. The van der Waals surface area contributed by atoms with Crippen molar-refractivity contribution in [3.63, 3.8) is 0 Å². The first-order valence-corrected chi connectivity index (χ1v) is 9.29. The lowest BCUT2D eigenvalue weighted by atomic mass is 10.1. The summed E-state index contributed by atoms with van der Waals surface area (Å²) in [5.41, 5.74) is 0.572. The van der Waals surface area contributed by atoms with Crippen LogP contribution in [0.2, 0.25) is 0 Å². The van der Waals surface area contributed by atoms with E-state index in [1.54, 1.807) is 20.8 Å². The number of hydrogen-bond donors (Lipinski definition) is 2. The Balaban J connectivity index is 2.96. The van der Waals surface area contributed by atoms with Crippen molar-refractivity contribution in [2.75, 3.05) is 6.54 Å². The molecule has 1 saturated heterocycles. The van der Waals surface area contributed by atoms with Crippen molar-refractivity contribution in [3.05, 3.63) is 12.2 Å². The van der Waals surface area contributed by atoms with Gasteiger partial charge in [0.25, 0.3) is 0 Å². The summed E-state index contributed by atoms with van der Waals surface area (Å²) < 4.78 is 17.8. The average Bonchev–Trinajstić information content (AvgIpc) is 2.50. The molecule has 10 heteroatoms. The van der Waals surface area contributed by atoms with E-state index in [1.807, 2.05) is 0 Å². The van der Waals surface area contributed by atoms with Crippen molar-refractivity contribution in [2.45, 2.75) is 56.9 Å². The molecule has 0 bridgehead atoms. The molecule has 0 saturated carbocycles. The van der Waals surface area contributed by atoms with Crippen LogP contribution in [0.1, 0.15) is 34.1 Å². The van der Waals surface area contributed by atoms with Crippen molar-refractivity contribution in [2.24, 2.45) is 0 Å². The summed E-state index contributed by atoms with van der Waals surface area (Å²) >= 11 is 0. The molecule has 4 atom stereocenters. The molecule has 2 N–H and O–H groups in total. The zero-order valence-electron chi connectivity index (χ0n) is 15.2. The van der Waals surface area contributed by atoms with Gasteiger partial charge in [0.1, 0.15) is 23.2 Å². The Morgan fingerprint density at radius 3 is 2.38 bits per heavy atom. The minimum absolute atomic E-state index is 0.0208. The highest BCUT2D eigenvalue weighted by atomic mass is 32.2. The second-order valence-electron chi connectivity index (χ2n) is 6.39. The number of likely N-dealkylation sites (tertiary alicyclic amines) is 1. The van der Waals surface area contributed by atoms with Gasteiger partial charge in [0.2, 0.25) is 11.8 Å². The SMILES string of the molecule is C=C(C)CC(=O)NC1C(=O)N(CC(=O)O)C1S(=O)C(C)C(=O)OC(C)C. The number of hydrogen-bond acceptors (Lipinski definition) is 6. The topological polar surface area (TPSA) is 130 Å². The lowest BCUT2D eigenvalue weighted by Gasteiger charge is -2.46. The Morgan fingerprint density at radius 1 is 1.35 bits per heavy atom. The van der Waals surface area contributed by atoms with Gasteiger partial charge in [-0.25, -0.2) is 0 Å². The van der Waals surface area contributed by atoms with Crippen LogP contribution in [0.5, 0.6) is 0 Å². The van der Waals surface area contributed by atoms with Crippen molar-refractivity contribution in [3.8, 4) is 0 Å². The number of nitrogens with one attached hydrogen (secondary N) is 1. The van der Waals surface area contributed by atoms with Gasteiger partial charge in [-0.2, -0.15) is 0 Å². The molecule has 1 aliphatic rings. The number of β-lactam (4-membered cyclic amide) rings is 1.